The molecule has 102 valence electrons. The van der Waals surface area contributed by atoms with Crippen molar-refractivity contribution < 1.29 is 9.47 Å². The molecule has 0 bridgehead atoms. The summed E-state index contributed by atoms with van der Waals surface area (Å²) < 4.78 is 11.3. The van der Waals surface area contributed by atoms with Crippen molar-refractivity contribution >= 4 is 12.4 Å². The molecular weight excluding hydrogens is 252 g/mol. The third-order valence-corrected chi connectivity index (χ3v) is 2.83. The van der Waals surface area contributed by atoms with E-state index >= 15 is 0 Å². The maximum atomic E-state index is 5.69. The Labute approximate surface area is 115 Å². The van der Waals surface area contributed by atoms with Crippen LogP contribution in [0.3, 0.4) is 0 Å². The third-order valence-electron chi connectivity index (χ3n) is 2.83. The number of likely N-dealkylation sites (N-methyl/N-ethyl adjacent to an activating group) is 2. The molecule has 1 aromatic carbocycles. The lowest BCUT2D eigenvalue weighted by molar-refractivity contribution is 0.167. The van der Waals surface area contributed by atoms with Crippen LogP contribution in [-0.2, 0) is 6.54 Å². The number of halogens is 1. The predicted octanol–water partition coefficient (Wildman–Crippen LogP) is 1.53. The molecule has 0 saturated heterocycles. The quantitative estimate of drug-likeness (QED) is 0.882. The van der Waals surface area contributed by atoms with Gasteiger partial charge in [0.05, 0.1) is 0 Å². The van der Waals surface area contributed by atoms with Crippen molar-refractivity contribution in [3.63, 3.8) is 0 Å². The molecule has 0 saturated carbocycles. The minimum atomic E-state index is 0. The van der Waals surface area contributed by atoms with Crippen molar-refractivity contribution in [3.8, 4) is 11.5 Å². The number of rotatable bonds is 5. The average Bonchev–Trinajstić information content (AvgIpc) is 2.37. The zero-order valence-corrected chi connectivity index (χ0v) is 11.8. The molecule has 2 rings (SSSR count). The fourth-order valence-electron chi connectivity index (χ4n) is 1.93. The Morgan fingerprint density at radius 3 is 2.83 bits per heavy atom. The molecule has 0 spiro atoms. The van der Waals surface area contributed by atoms with Gasteiger partial charge in [-0.1, -0.05) is 12.1 Å². The Morgan fingerprint density at radius 2 is 2.06 bits per heavy atom. The van der Waals surface area contributed by atoms with Crippen LogP contribution in [0.1, 0.15) is 5.56 Å². The fourth-order valence-corrected chi connectivity index (χ4v) is 1.93. The van der Waals surface area contributed by atoms with Crippen LogP contribution in [-0.4, -0.2) is 45.3 Å². The highest BCUT2D eigenvalue weighted by Crippen LogP contribution is 2.33. The highest BCUT2D eigenvalue weighted by molar-refractivity contribution is 5.85. The molecule has 0 atom stereocenters. The predicted molar refractivity (Wildman–Crippen MR) is 74.9 cm³/mol. The average molecular weight is 273 g/mol. The Morgan fingerprint density at radius 1 is 1.28 bits per heavy atom. The number of benzene rings is 1. The summed E-state index contributed by atoms with van der Waals surface area (Å²) in [6, 6.07) is 6.09. The van der Waals surface area contributed by atoms with Crippen LogP contribution in [0.15, 0.2) is 18.2 Å². The lowest BCUT2D eigenvalue weighted by atomic mass is 10.1. The normalized spacial score (nSPS) is 13.3. The number of fused-ring (bicyclic) bond motifs is 1. The minimum Gasteiger partial charge on any atom is -0.486 e. The van der Waals surface area contributed by atoms with Gasteiger partial charge < -0.3 is 19.7 Å². The fraction of sp³-hybridized carbons (Fsp3) is 0.538. The summed E-state index contributed by atoms with van der Waals surface area (Å²) in [6.07, 6.45) is 0. The van der Waals surface area contributed by atoms with Gasteiger partial charge in [-0.05, 0) is 20.2 Å². The third kappa shape index (κ3) is 3.77. The van der Waals surface area contributed by atoms with Crippen LogP contribution >= 0.6 is 12.4 Å². The Balaban J connectivity index is 0.00000162. The topological polar surface area (TPSA) is 33.7 Å². The first-order valence-corrected chi connectivity index (χ1v) is 6.02. The van der Waals surface area contributed by atoms with E-state index in [0.717, 1.165) is 31.1 Å². The second-order valence-electron chi connectivity index (χ2n) is 4.28. The molecule has 0 aliphatic carbocycles. The standard InChI is InChI=1S/C13H20N2O2.ClH/c1-14-6-7-15(2)10-11-4-3-5-12-13(11)17-9-8-16-12;/h3-5,14H,6-10H2,1-2H3;1H. The van der Waals surface area contributed by atoms with Crippen LogP contribution in [0.5, 0.6) is 11.5 Å². The molecule has 1 aromatic rings. The summed E-state index contributed by atoms with van der Waals surface area (Å²) in [4.78, 5) is 2.27. The van der Waals surface area contributed by atoms with E-state index in [1.807, 2.05) is 19.2 Å². The maximum Gasteiger partial charge on any atom is 0.165 e. The second kappa shape index (κ2) is 7.46. The summed E-state index contributed by atoms with van der Waals surface area (Å²) in [7, 11) is 4.08. The first-order chi connectivity index (χ1) is 8.31. The Hall–Kier alpha value is -0.970. The van der Waals surface area contributed by atoms with Crippen molar-refractivity contribution in [1.29, 1.82) is 0 Å². The molecule has 1 heterocycles. The number of hydrogen-bond donors (Lipinski definition) is 1. The molecule has 1 aliphatic heterocycles. The minimum absolute atomic E-state index is 0. The summed E-state index contributed by atoms with van der Waals surface area (Å²) in [6.45, 7) is 4.18. The summed E-state index contributed by atoms with van der Waals surface area (Å²) in [5.41, 5.74) is 1.20. The maximum absolute atomic E-state index is 5.69. The van der Waals surface area contributed by atoms with Gasteiger partial charge in [-0.25, -0.2) is 0 Å². The SMILES string of the molecule is CNCCN(C)Cc1cccc2c1OCCO2.Cl. The van der Waals surface area contributed by atoms with E-state index in [1.54, 1.807) is 0 Å². The molecule has 5 heteroatoms. The molecule has 0 fully saturated rings. The van der Waals surface area contributed by atoms with E-state index in [4.69, 9.17) is 9.47 Å². The van der Waals surface area contributed by atoms with Gasteiger partial charge in [0.15, 0.2) is 11.5 Å². The van der Waals surface area contributed by atoms with Gasteiger partial charge in [-0.2, -0.15) is 0 Å². The van der Waals surface area contributed by atoms with E-state index in [1.165, 1.54) is 5.56 Å². The molecule has 0 aromatic heterocycles. The lowest BCUT2D eigenvalue weighted by Crippen LogP contribution is -2.27. The van der Waals surface area contributed by atoms with Gasteiger partial charge in [0, 0.05) is 25.2 Å². The Kier molecular flexibility index (Phi) is 6.25. The van der Waals surface area contributed by atoms with Gasteiger partial charge >= 0.3 is 0 Å². The van der Waals surface area contributed by atoms with E-state index in [2.05, 4.69) is 23.3 Å². The van der Waals surface area contributed by atoms with Gasteiger partial charge in [-0.15, -0.1) is 12.4 Å². The first kappa shape index (κ1) is 15.1. The molecule has 4 nitrogen and oxygen atoms in total. The lowest BCUT2D eigenvalue weighted by Gasteiger charge is -2.23. The highest BCUT2D eigenvalue weighted by Gasteiger charge is 2.16. The molecule has 0 amide bonds. The second-order valence-corrected chi connectivity index (χ2v) is 4.28. The van der Waals surface area contributed by atoms with E-state index in [0.29, 0.717) is 13.2 Å². The number of nitrogens with one attached hydrogen (secondary N) is 1. The molecule has 1 aliphatic rings. The van der Waals surface area contributed by atoms with E-state index in [9.17, 15) is 0 Å². The van der Waals surface area contributed by atoms with Crippen molar-refractivity contribution in [3.05, 3.63) is 23.8 Å². The number of nitrogens with zero attached hydrogens (tertiary/aromatic N) is 1. The van der Waals surface area contributed by atoms with Gasteiger partial charge in [0.25, 0.3) is 0 Å². The molecule has 0 radical (unpaired) electrons. The number of hydrogen-bond acceptors (Lipinski definition) is 4. The molecule has 1 N–H and O–H groups in total. The van der Waals surface area contributed by atoms with Crippen LogP contribution in [0.4, 0.5) is 0 Å². The summed E-state index contributed by atoms with van der Waals surface area (Å²) in [5.74, 6) is 1.78. The molecular formula is C13H21ClN2O2. The zero-order chi connectivity index (χ0) is 12.1. The summed E-state index contributed by atoms with van der Waals surface area (Å²) >= 11 is 0. The molecule has 18 heavy (non-hydrogen) atoms. The zero-order valence-electron chi connectivity index (χ0n) is 10.9. The van der Waals surface area contributed by atoms with E-state index < -0.39 is 0 Å². The van der Waals surface area contributed by atoms with Gasteiger partial charge in [0.2, 0.25) is 0 Å². The monoisotopic (exact) mass is 272 g/mol. The van der Waals surface area contributed by atoms with Gasteiger partial charge in [0.1, 0.15) is 13.2 Å². The highest BCUT2D eigenvalue weighted by atomic mass is 35.5. The van der Waals surface area contributed by atoms with Gasteiger partial charge in [-0.3, -0.25) is 0 Å². The van der Waals surface area contributed by atoms with Crippen molar-refractivity contribution in [1.82, 2.24) is 10.2 Å². The van der Waals surface area contributed by atoms with Crippen LogP contribution in [0.25, 0.3) is 0 Å². The van der Waals surface area contributed by atoms with Crippen molar-refractivity contribution in [2.24, 2.45) is 0 Å². The number of para-hydroxylation sites is 1. The van der Waals surface area contributed by atoms with Crippen LogP contribution in [0.2, 0.25) is 0 Å². The van der Waals surface area contributed by atoms with Crippen LogP contribution < -0.4 is 14.8 Å². The Bertz CT molecular complexity index is 374. The first-order valence-electron chi connectivity index (χ1n) is 6.02. The van der Waals surface area contributed by atoms with Crippen molar-refractivity contribution in [2.45, 2.75) is 6.54 Å². The number of ether oxygens (including phenoxy) is 2. The van der Waals surface area contributed by atoms with Crippen molar-refractivity contribution in [2.75, 3.05) is 40.4 Å². The summed E-state index contributed by atoms with van der Waals surface area (Å²) in [5, 5.41) is 3.15. The largest absolute Gasteiger partial charge is 0.486 e. The van der Waals surface area contributed by atoms with E-state index in [-0.39, 0.29) is 12.4 Å². The van der Waals surface area contributed by atoms with Crippen LogP contribution in [0, 0.1) is 0 Å². The molecule has 0 unspecified atom stereocenters. The smallest absolute Gasteiger partial charge is 0.165 e.